The van der Waals surface area contributed by atoms with Crippen LogP contribution in [-0.4, -0.2) is 17.6 Å². The van der Waals surface area contributed by atoms with Gasteiger partial charge in [0.15, 0.2) is 0 Å². The lowest BCUT2D eigenvalue weighted by molar-refractivity contribution is -0.151. The maximum atomic E-state index is 12.9. The first-order valence-corrected chi connectivity index (χ1v) is 5.88. The van der Waals surface area contributed by atoms with Crippen molar-refractivity contribution in [3.8, 4) is 0 Å². The van der Waals surface area contributed by atoms with Gasteiger partial charge in [0.05, 0.1) is 17.8 Å². The van der Waals surface area contributed by atoms with Crippen molar-refractivity contribution in [1.82, 2.24) is 0 Å². The molecule has 1 aromatic rings. The zero-order valence-electron chi connectivity index (χ0n) is 9.90. The molecule has 4 N–H and O–H groups in total. The molecule has 0 radical (unpaired) electrons. The lowest BCUT2D eigenvalue weighted by atomic mass is 10.1. The molecule has 7 heteroatoms. The standard InChI is InChI=1S/C12H12F3N3O/c13-12(14,15)11(1-2-11)18-9-5-8-6(3-7(9)16)4-10(19)17-8/h3,5,18H,1-2,4,16H2,(H,17,19). The smallest absolute Gasteiger partial charge is 0.397 e. The number of nitrogen functional groups attached to an aromatic ring is 1. The van der Waals surface area contributed by atoms with Crippen LogP contribution in [-0.2, 0) is 11.2 Å². The van der Waals surface area contributed by atoms with Crippen LogP contribution in [0.25, 0.3) is 0 Å². The molecular weight excluding hydrogens is 259 g/mol. The number of fused-ring (bicyclic) bond motifs is 1. The minimum Gasteiger partial charge on any atom is -0.397 e. The number of carbonyl (C=O) groups excluding carboxylic acids is 1. The molecule has 3 rings (SSSR count). The molecule has 0 unspecified atom stereocenters. The quantitative estimate of drug-likeness (QED) is 0.723. The van der Waals surface area contributed by atoms with E-state index in [2.05, 4.69) is 10.6 Å². The molecule has 0 saturated heterocycles. The third-order valence-corrected chi connectivity index (χ3v) is 3.57. The van der Waals surface area contributed by atoms with Gasteiger partial charge in [0.1, 0.15) is 5.54 Å². The Morgan fingerprint density at radius 1 is 1.32 bits per heavy atom. The third kappa shape index (κ3) is 1.89. The van der Waals surface area contributed by atoms with E-state index in [0.29, 0.717) is 11.3 Å². The van der Waals surface area contributed by atoms with E-state index in [1.807, 2.05) is 0 Å². The summed E-state index contributed by atoms with van der Waals surface area (Å²) in [6, 6.07) is 3.02. The third-order valence-electron chi connectivity index (χ3n) is 3.57. The van der Waals surface area contributed by atoms with Crippen molar-refractivity contribution in [2.75, 3.05) is 16.4 Å². The minimum absolute atomic E-state index is 0.0411. The Bertz CT molecular complexity index is 564. The largest absolute Gasteiger partial charge is 0.411 e. The average molecular weight is 271 g/mol. The van der Waals surface area contributed by atoms with Crippen LogP contribution < -0.4 is 16.4 Å². The number of nitrogens with two attached hydrogens (primary N) is 1. The Kier molecular flexibility index (Phi) is 2.27. The Labute approximate surface area is 107 Å². The Balaban J connectivity index is 1.91. The van der Waals surface area contributed by atoms with Gasteiger partial charge in [-0.05, 0) is 30.5 Å². The lowest BCUT2D eigenvalue weighted by Crippen LogP contribution is -2.38. The Morgan fingerprint density at radius 2 is 2.00 bits per heavy atom. The summed E-state index contributed by atoms with van der Waals surface area (Å²) < 4.78 is 38.6. The second-order valence-electron chi connectivity index (χ2n) is 5.03. The highest BCUT2D eigenvalue weighted by atomic mass is 19.4. The topological polar surface area (TPSA) is 67.2 Å². The molecule has 2 aliphatic rings. The van der Waals surface area contributed by atoms with Gasteiger partial charge in [-0.1, -0.05) is 0 Å². The molecule has 1 aliphatic carbocycles. The van der Waals surface area contributed by atoms with Gasteiger partial charge in [-0.25, -0.2) is 0 Å². The van der Waals surface area contributed by atoms with E-state index in [4.69, 9.17) is 5.73 Å². The van der Waals surface area contributed by atoms with Crippen molar-refractivity contribution in [1.29, 1.82) is 0 Å². The summed E-state index contributed by atoms with van der Waals surface area (Å²) in [4.78, 5) is 11.2. The molecule has 1 fully saturated rings. The molecule has 1 aromatic carbocycles. The fraction of sp³-hybridized carbons (Fsp3) is 0.417. The van der Waals surface area contributed by atoms with Gasteiger partial charge in [-0.15, -0.1) is 0 Å². The second-order valence-corrected chi connectivity index (χ2v) is 5.03. The summed E-state index contributed by atoms with van der Waals surface area (Å²) in [7, 11) is 0. The monoisotopic (exact) mass is 271 g/mol. The predicted molar refractivity (Wildman–Crippen MR) is 64.8 cm³/mol. The summed E-state index contributed by atoms with van der Waals surface area (Å²) in [6.07, 6.45) is -4.01. The number of carbonyl (C=O) groups is 1. The number of rotatable bonds is 2. The SMILES string of the molecule is Nc1cc2c(cc1NC1(C(F)(F)F)CC1)NC(=O)C2. The van der Waals surface area contributed by atoms with Crippen LogP contribution in [0.3, 0.4) is 0 Å². The minimum atomic E-state index is -4.30. The molecular formula is C12H12F3N3O. The lowest BCUT2D eigenvalue weighted by Gasteiger charge is -2.23. The van der Waals surface area contributed by atoms with Crippen molar-refractivity contribution >= 4 is 23.0 Å². The summed E-state index contributed by atoms with van der Waals surface area (Å²) in [5.74, 6) is -0.177. The number of anilines is 3. The number of hydrogen-bond acceptors (Lipinski definition) is 3. The van der Waals surface area contributed by atoms with Gasteiger partial charge in [0.2, 0.25) is 5.91 Å². The number of amides is 1. The zero-order chi connectivity index (χ0) is 13.8. The molecule has 4 nitrogen and oxygen atoms in total. The van der Waals surface area contributed by atoms with E-state index in [0.717, 1.165) is 0 Å². The number of alkyl halides is 3. The first-order valence-electron chi connectivity index (χ1n) is 5.88. The van der Waals surface area contributed by atoms with E-state index < -0.39 is 11.7 Å². The van der Waals surface area contributed by atoms with Gasteiger partial charge in [0.25, 0.3) is 0 Å². The maximum Gasteiger partial charge on any atom is 0.411 e. The molecule has 0 atom stereocenters. The summed E-state index contributed by atoms with van der Waals surface area (Å²) in [6.45, 7) is 0. The van der Waals surface area contributed by atoms with Crippen LogP contribution in [0.5, 0.6) is 0 Å². The second kappa shape index (κ2) is 3.55. The van der Waals surface area contributed by atoms with Crippen LogP contribution in [0.15, 0.2) is 12.1 Å². The fourth-order valence-corrected chi connectivity index (χ4v) is 2.26. The molecule has 0 spiro atoms. The van der Waals surface area contributed by atoms with Gasteiger partial charge in [-0.3, -0.25) is 4.79 Å². The highest BCUT2D eigenvalue weighted by Gasteiger charge is 2.63. The molecule has 102 valence electrons. The molecule has 19 heavy (non-hydrogen) atoms. The fourth-order valence-electron chi connectivity index (χ4n) is 2.26. The maximum absolute atomic E-state index is 12.9. The van der Waals surface area contributed by atoms with Gasteiger partial charge < -0.3 is 16.4 Å². The van der Waals surface area contributed by atoms with E-state index in [-0.39, 0.29) is 36.5 Å². The highest BCUT2D eigenvalue weighted by Crippen LogP contribution is 2.52. The molecule has 0 bridgehead atoms. The molecule has 1 saturated carbocycles. The van der Waals surface area contributed by atoms with E-state index >= 15 is 0 Å². The summed E-state index contributed by atoms with van der Waals surface area (Å²) in [5, 5.41) is 5.08. The van der Waals surface area contributed by atoms with Crippen LogP contribution in [0.2, 0.25) is 0 Å². The van der Waals surface area contributed by atoms with Crippen molar-refractivity contribution < 1.29 is 18.0 Å². The first-order chi connectivity index (χ1) is 8.81. The van der Waals surface area contributed by atoms with Crippen LogP contribution in [0.4, 0.5) is 30.2 Å². The van der Waals surface area contributed by atoms with Crippen LogP contribution in [0, 0.1) is 0 Å². The number of nitrogens with one attached hydrogen (secondary N) is 2. The normalized spacial score (nSPS) is 19.8. The van der Waals surface area contributed by atoms with Crippen molar-refractivity contribution in [3.05, 3.63) is 17.7 Å². The average Bonchev–Trinajstić information content (AvgIpc) is 2.97. The molecule has 1 amide bonds. The molecule has 0 aromatic heterocycles. The number of halogens is 3. The van der Waals surface area contributed by atoms with E-state index in [9.17, 15) is 18.0 Å². The Hall–Kier alpha value is -1.92. The first kappa shape index (κ1) is 12.1. The summed E-state index contributed by atoms with van der Waals surface area (Å²) in [5.41, 5.74) is 5.57. The molecule has 1 aliphatic heterocycles. The van der Waals surface area contributed by atoms with Crippen LogP contribution in [0.1, 0.15) is 18.4 Å². The highest BCUT2D eigenvalue weighted by molar-refractivity contribution is 6.00. The molecule has 1 heterocycles. The van der Waals surface area contributed by atoms with Crippen molar-refractivity contribution in [3.63, 3.8) is 0 Å². The van der Waals surface area contributed by atoms with Gasteiger partial charge in [-0.2, -0.15) is 13.2 Å². The van der Waals surface area contributed by atoms with Crippen LogP contribution >= 0.6 is 0 Å². The number of hydrogen-bond donors (Lipinski definition) is 3. The predicted octanol–water partition coefficient (Wildman–Crippen LogP) is 2.27. The van der Waals surface area contributed by atoms with E-state index in [1.54, 1.807) is 6.07 Å². The number of benzene rings is 1. The van der Waals surface area contributed by atoms with Gasteiger partial charge in [0, 0.05) is 5.69 Å². The van der Waals surface area contributed by atoms with Crippen molar-refractivity contribution in [2.24, 2.45) is 0 Å². The van der Waals surface area contributed by atoms with Gasteiger partial charge >= 0.3 is 6.18 Å². The Morgan fingerprint density at radius 3 is 2.58 bits per heavy atom. The van der Waals surface area contributed by atoms with E-state index in [1.165, 1.54) is 6.07 Å². The zero-order valence-corrected chi connectivity index (χ0v) is 9.90. The van der Waals surface area contributed by atoms with Crippen molar-refractivity contribution in [2.45, 2.75) is 31.0 Å². The summed E-state index contributed by atoms with van der Waals surface area (Å²) >= 11 is 0.